The standard InChI is InChI=1S/C27H33N3O4/c1-31-20-12-19(13-21(14-20)32-2)10-11-26-29-23-16-25(34-4)24(33-3)15-22(23)27(30-26)28-17-18-8-6-5-7-9-18/h10-16,18H,5-9,17H2,1-4H3,(H,28,29,30)/b11-10+. The zero-order valence-electron chi connectivity index (χ0n) is 20.4. The molecule has 3 aromatic rings. The minimum atomic E-state index is 0.604. The zero-order chi connectivity index (χ0) is 23.9. The van der Waals surface area contributed by atoms with E-state index in [0.29, 0.717) is 23.2 Å². The Morgan fingerprint density at radius 1 is 0.794 bits per heavy atom. The lowest BCUT2D eigenvalue weighted by molar-refractivity contribution is 0.355. The molecular formula is C27H33N3O4. The van der Waals surface area contributed by atoms with Crippen molar-refractivity contribution >= 4 is 28.9 Å². The van der Waals surface area contributed by atoms with Gasteiger partial charge in [-0.1, -0.05) is 25.3 Å². The normalized spacial score (nSPS) is 14.4. The first kappa shape index (κ1) is 23.7. The lowest BCUT2D eigenvalue weighted by Crippen LogP contribution is -2.18. The molecule has 1 saturated carbocycles. The highest BCUT2D eigenvalue weighted by molar-refractivity contribution is 5.92. The van der Waals surface area contributed by atoms with Gasteiger partial charge in [-0.15, -0.1) is 0 Å². The van der Waals surface area contributed by atoms with Crippen LogP contribution in [0.25, 0.3) is 23.1 Å². The number of methoxy groups -OCH3 is 4. The molecule has 0 amide bonds. The van der Waals surface area contributed by atoms with Crippen molar-refractivity contribution < 1.29 is 18.9 Å². The van der Waals surface area contributed by atoms with E-state index in [0.717, 1.165) is 40.3 Å². The quantitative estimate of drug-likeness (QED) is 0.428. The summed E-state index contributed by atoms with van der Waals surface area (Å²) in [5, 5.41) is 4.51. The van der Waals surface area contributed by atoms with Gasteiger partial charge >= 0.3 is 0 Å². The number of nitrogens with zero attached hydrogens (tertiary/aromatic N) is 2. The second kappa shape index (κ2) is 11.1. The van der Waals surface area contributed by atoms with Gasteiger partial charge in [-0.05, 0) is 48.6 Å². The van der Waals surface area contributed by atoms with Gasteiger partial charge < -0.3 is 24.3 Å². The van der Waals surface area contributed by atoms with Crippen LogP contribution in [0.3, 0.4) is 0 Å². The van der Waals surface area contributed by atoms with Crippen molar-refractivity contribution in [3.8, 4) is 23.0 Å². The van der Waals surface area contributed by atoms with Crippen molar-refractivity contribution in [1.82, 2.24) is 9.97 Å². The molecule has 0 spiro atoms. The van der Waals surface area contributed by atoms with E-state index in [-0.39, 0.29) is 0 Å². The summed E-state index contributed by atoms with van der Waals surface area (Å²) < 4.78 is 21.8. The Morgan fingerprint density at radius 3 is 2.12 bits per heavy atom. The van der Waals surface area contributed by atoms with Crippen LogP contribution >= 0.6 is 0 Å². The van der Waals surface area contributed by atoms with E-state index in [1.54, 1.807) is 28.4 Å². The molecule has 1 aliphatic carbocycles. The zero-order valence-corrected chi connectivity index (χ0v) is 20.4. The van der Waals surface area contributed by atoms with Crippen LogP contribution in [0, 0.1) is 5.92 Å². The second-order valence-corrected chi connectivity index (χ2v) is 8.52. The Labute approximate surface area is 201 Å². The maximum Gasteiger partial charge on any atom is 0.162 e. The number of benzene rings is 2. The molecule has 0 unspecified atom stereocenters. The highest BCUT2D eigenvalue weighted by atomic mass is 16.5. The molecule has 7 heteroatoms. The number of nitrogens with one attached hydrogen (secondary N) is 1. The third kappa shape index (κ3) is 5.53. The molecule has 0 radical (unpaired) electrons. The van der Waals surface area contributed by atoms with Gasteiger partial charge in [0, 0.05) is 24.1 Å². The van der Waals surface area contributed by atoms with E-state index in [1.807, 2.05) is 42.5 Å². The van der Waals surface area contributed by atoms with Crippen LogP contribution in [0.5, 0.6) is 23.0 Å². The summed E-state index contributed by atoms with van der Waals surface area (Å²) in [6.07, 6.45) is 10.3. The van der Waals surface area contributed by atoms with E-state index in [2.05, 4.69) is 5.32 Å². The molecule has 1 heterocycles. The summed E-state index contributed by atoms with van der Waals surface area (Å²) >= 11 is 0. The Morgan fingerprint density at radius 2 is 1.47 bits per heavy atom. The average molecular weight is 464 g/mol. The summed E-state index contributed by atoms with van der Waals surface area (Å²) in [6.45, 7) is 0.899. The molecule has 7 nitrogen and oxygen atoms in total. The molecule has 0 aliphatic heterocycles. The first-order valence-corrected chi connectivity index (χ1v) is 11.7. The summed E-state index contributed by atoms with van der Waals surface area (Å²) in [5.41, 5.74) is 1.73. The number of ether oxygens (including phenoxy) is 4. The lowest BCUT2D eigenvalue weighted by Gasteiger charge is -2.22. The Balaban J connectivity index is 1.70. The number of anilines is 1. The molecule has 0 atom stereocenters. The van der Waals surface area contributed by atoms with Crippen molar-refractivity contribution in [1.29, 1.82) is 0 Å². The smallest absolute Gasteiger partial charge is 0.162 e. The molecule has 0 bridgehead atoms. The van der Waals surface area contributed by atoms with E-state index in [1.165, 1.54) is 32.1 Å². The first-order valence-electron chi connectivity index (χ1n) is 11.7. The first-order chi connectivity index (χ1) is 16.6. The van der Waals surface area contributed by atoms with Gasteiger partial charge in [-0.25, -0.2) is 9.97 Å². The molecule has 2 aromatic carbocycles. The number of fused-ring (bicyclic) bond motifs is 1. The number of hydrogen-bond acceptors (Lipinski definition) is 7. The Hall–Kier alpha value is -3.48. The van der Waals surface area contributed by atoms with Gasteiger partial charge in [0.15, 0.2) is 17.3 Å². The highest BCUT2D eigenvalue weighted by Gasteiger charge is 2.16. The van der Waals surface area contributed by atoms with Crippen LogP contribution in [-0.2, 0) is 0 Å². The lowest BCUT2D eigenvalue weighted by atomic mass is 9.89. The van der Waals surface area contributed by atoms with Crippen LogP contribution in [0.15, 0.2) is 30.3 Å². The molecule has 1 aromatic heterocycles. The minimum absolute atomic E-state index is 0.604. The molecule has 180 valence electrons. The van der Waals surface area contributed by atoms with Crippen LogP contribution in [-0.4, -0.2) is 45.0 Å². The molecular weight excluding hydrogens is 430 g/mol. The fourth-order valence-electron chi connectivity index (χ4n) is 4.41. The van der Waals surface area contributed by atoms with E-state index < -0.39 is 0 Å². The van der Waals surface area contributed by atoms with E-state index in [4.69, 9.17) is 28.9 Å². The van der Waals surface area contributed by atoms with Crippen LogP contribution in [0.2, 0.25) is 0 Å². The van der Waals surface area contributed by atoms with Gasteiger partial charge in [-0.3, -0.25) is 0 Å². The van der Waals surface area contributed by atoms with Gasteiger partial charge in [-0.2, -0.15) is 0 Å². The summed E-state index contributed by atoms with van der Waals surface area (Å²) in [4.78, 5) is 9.63. The topological polar surface area (TPSA) is 74.7 Å². The molecule has 1 aliphatic rings. The van der Waals surface area contributed by atoms with Crippen LogP contribution in [0.1, 0.15) is 43.5 Å². The van der Waals surface area contributed by atoms with E-state index in [9.17, 15) is 0 Å². The van der Waals surface area contributed by atoms with Crippen molar-refractivity contribution in [2.45, 2.75) is 32.1 Å². The Bertz CT molecular complexity index is 1130. The average Bonchev–Trinajstić information content (AvgIpc) is 2.89. The summed E-state index contributed by atoms with van der Waals surface area (Å²) in [6, 6.07) is 9.56. The maximum absolute atomic E-state index is 5.53. The van der Waals surface area contributed by atoms with Crippen LogP contribution in [0.4, 0.5) is 5.82 Å². The fourth-order valence-corrected chi connectivity index (χ4v) is 4.41. The third-order valence-electron chi connectivity index (χ3n) is 6.30. The van der Waals surface area contributed by atoms with Crippen molar-refractivity contribution in [3.63, 3.8) is 0 Å². The minimum Gasteiger partial charge on any atom is -0.497 e. The summed E-state index contributed by atoms with van der Waals surface area (Å²) in [5.74, 6) is 4.83. The molecule has 0 saturated heterocycles. The van der Waals surface area contributed by atoms with Crippen molar-refractivity contribution in [2.75, 3.05) is 40.3 Å². The molecule has 1 fully saturated rings. The molecule has 34 heavy (non-hydrogen) atoms. The predicted octanol–water partition coefficient (Wildman–Crippen LogP) is 5.83. The van der Waals surface area contributed by atoms with Crippen molar-refractivity contribution in [2.24, 2.45) is 5.92 Å². The number of hydrogen-bond donors (Lipinski definition) is 1. The van der Waals surface area contributed by atoms with Gasteiger partial charge in [0.2, 0.25) is 0 Å². The Kier molecular flexibility index (Phi) is 7.72. The highest BCUT2D eigenvalue weighted by Crippen LogP contribution is 2.35. The molecule has 1 N–H and O–H groups in total. The fraction of sp³-hybridized carbons (Fsp3) is 0.407. The van der Waals surface area contributed by atoms with Gasteiger partial charge in [0.05, 0.1) is 34.0 Å². The largest absolute Gasteiger partial charge is 0.497 e. The SMILES string of the molecule is COc1cc(/C=C/c2nc(NCC3CCCCC3)c3cc(OC)c(OC)cc3n2)cc(OC)c1. The summed E-state index contributed by atoms with van der Waals surface area (Å²) in [7, 11) is 6.55. The predicted molar refractivity (Wildman–Crippen MR) is 136 cm³/mol. The van der Waals surface area contributed by atoms with Crippen molar-refractivity contribution in [3.05, 3.63) is 41.7 Å². The third-order valence-corrected chi connectivity index (χ3v) is 6.30. The number of aromatic nitrogens is 2. The van der Waals surface area contributed by atoms with E-state index >= 15 is 0 Å². The van der Waals surface area contributed by atoms with Gasteiger partial charge in [0.1, 0.15) is 17.3 Å². The number of rotatable bonds is 9. The maximum atomic E-state index is 5.53. The van der Waals surface area contributed by atoms with Gasteiger partial charge in [0.25, 0.3) is 0 Å². The monoisotopic (exact) mass is 463 g/mol. The van der Waals surface area contributed by atoms with Crippen LogP contribution < -0.4 is 24.3 Å². The molecule has 4 rings (SSSR count). The second-order valence-electron chi connectivity index (χ2n) is 8.52.